The topological polar surface area (TPSA) is 56.3 Å². The number of nitrogens with zero attached hydrogens (tertiary/aromatic N) is 1. The molecule has 1 fully saturated rings. The number of H-pyrrole nitrogens is 1. The van der Waals surface area contributed by atoms with E-state index in [1.807, 2.05) is 24.4 Å². The van der Waals surface area contributed by atoms with E-state index in [1.165, 1.54) is 11.6 Å². The Bertz CT molecular complexity index is 925. The van der Waals surface area contributed by atoms with Crippen molar-refractivity contribution in [1.29, 1.82) is 0 Å². The van der Waals surface area contributed by atoms with Gasteiger partial charge in [-0.1, -0.05) is 12.1 Å². The molecule has 2 N–H and O–H groups in total. The van der Waals surface area contributed by atoms with Gasteiger partial charge in [0.25, 0.3) is 0 Å². The molecule has 2 heterocycles. The van der Waals surface area contributed by atoms with Gasteiger partial charge in [0.05, 0.1) is 5.56 Å². The molecule has 0 aliphatic carbocycles. The number of carbonyl (C=O) groups is 1. The Morgan fingerprint density at radius 2 is 1.88 bits per heavy atom. The van der Waals surface area contributed by atoms with Crippen molar-refractivity contribution >= 4 is 16.9 Å². The van der Waals surface area contributed by atoms with Gasteiger partial charge >= 0.3 is 5.97 Å². The summed E-state index contributed by atoms with van der Waals surface area (Å²) >= 11 is 0. The molecule has 1 saturated heterocycles. The number of nitrogens with one attached hydrogen (secondary N) is 1. The predicted molar refractivity (Wildman–Crippen MR) is 98.9 cm³/mol. The largest absolute Gasteiger partial charge is 0.478 e. The summed E-state index contributed by atoms with van der Waals surface area (Å²) in [6.07, 6.45) is 4.16. The van der Waals surface area contributed by atoms with Gasteiger partial charge in [-0.2, -0.15) is 0 Å². The van der Waals surface area contributed by atoms with E-state index in [-0.39, 0.29) is 5.82 Å². The summed E-state index contributed by atoms with van der Waals surface area (Å²) in [4.78, 5) is 16.5. The Hall–Kier alpha value is -2.66. The summed E-state index contributed by atoms with van der Waals surface area (Å²) in [7, 11) is 0. The van der Waals surface area contributed by atoms with Crippen LogP contribution in [0.3, 0.4) is 0 Å². The summed E-state index contributed by atoms with van der Waals surface area (Å²) in [5, 5.41) is 10.1. The van der Waals surface area contributed by atoms with Crippen molar-refractivity contribution in [3.63, 3.8) is 0 Å². The number of hydrogen-bond donors (Lipinski definition) is 2. The molecule has 5 heteroatoms. The average Bonchev–Trinajstić information content (AvgIpc) is 3.06. The Balaban J connectivity index is 1.39. The minimum absolute atomic E-state index is 0.213. The monoisotopic (exact) mass is 352 g/mol. The van der Waals surface area contributed by atoms with Crippen LogP contribution < -0.4 is 0 Å². The van der Waals surface area contributed by atoms with Crippen LogP contribution in [0.25, 0.3) is 10.9 Å². The number of hydrogen-bond acceptors (Lipinski definition) is 2. The Labute approximate surface area is 151 Å². The fraction of sp³-hybridized carbons (Fsp3) is 0.286. The van der Waals surface area contributed by atoms with Gasteiger partial charge in [0, 0.05) is 23.6 Å². The molecule has 0 bridgehead atoms. The first-order valence-electron chi connectivity index (χ1n) is 8.91. The maximum atomic E-state index is 13.4. The van der Waals surface area contributed by atoms with Gasteiger partial charge in [0.15, 0.2) is 0 Å². The van der Waals surface area contributed by atoms with E-state index in [2.05, 4.69) is 9.88 Å². The third kappa shape index (κ3) is 3.35. The molecule has 3 aromatic rings. The molecule has 1 aliphatic rings. The van der Waals surface area contributed by atoms with Crippen molar-refractivity contribution in [3.8, 4) is 0 Å². The molecule has 0 spiro atoms. The molecule has 4 nitrogen and oxygen atoms in total. The van der Waals surface area contributed by atoms with E-state index in [0.717, 1.165) is 48.9 Å². The molecule has 2 aromatic carbocycles. The van der Waals surface area contributed by atoms with Crippen LogP contribution in [0.1, 0.15) is 40.2 Å². The highest BCUT2D eigenvalue weighted by Crippen LogP contribution is 2.33. The molecule has 0 saturated carbocycles. The van der Waals surface area contributed by atoms with Crippen molar-refractivity contribution < 1.29 is 14.3 Å². The lowest BCUT2D eigenvalue weighted by Crippen LogP contribution is -2.32. The van der Waals surface area contributed by atoms with Crippen molar-refractivity contribution in [1.82, 2.24) is 9.88 Å². The fourth-order valence-electron chi connectivity index (χ4n) is 3.87. The normalized spacial score (nSPS) is 16.2. The predicted octanol–water partition coefficient (Wildman–Crippen LogP) is 4.38. The standard InChI is InChI=1S/C21H21FN2O2/c22-17-5-6-18-19(12-23-20(18)11-17)15-7-9-24(10-8-15)13-14-1-3-16(4-2-14)21(25)26/h1-6,11-12,15,23H,7-10,13H2,(H,25,26). The summed E-state index contributed by atoms with van der Waals surface area (Å²) in [5.41, 5.74) is 3.60. The number of likely N-dealkylation sites (tertiary alicyclic amines) is 1. The quantitative estimate of drug-likeness (QED) is 0.732. The highest BCUT2D eigenvalue weighted by atomic mass is 19.1. The van der Waals surface area contributed by atoms with Crippen molar-refractivity contribution in [2.45, 2.75) is 25.3 Å². The van der Waals surface area contributed by atoms with Crippen LogP contribution in [-0.4, -0.2) is 34.0 Å². The number of carboxylic acids is 1. The van der Waals surface area contributed by atoms with Crippen LogP contribution in [0, 0.1) is 5.82 Å². The molecule has 1 aromatic heterocycles. The minimum atomic E-state index is -0.893. The van der Waals surface area contributed by atoms with Crippen molar-refractivity contribution in [3.05, 3.63) is 71.2 Å². The van der Waals surface area contributed by atoms with E-state index < -0.39 is 5.97 Å². The second-order valence-corrected chi connectivity index (χ2v) is 6.99. The van der Waals surface area contributed by atoms with E-state index in [1.54, 1.807) is 18.2 Å². The third-order valence-electron chi connectivity index (χ3n) is 5.31. The Morgan fingerprint density at radius 3 is 2.58 bits per heavy atom. The molecule has 0 unspecified atom stereocenters. The average molecular weight is 352 g/mol. The smallest absolute Gasteiger partial charge is 0.335 e. The van der Waals surface area contributed by atoms with Gasteiger partial charge in [-0.25, -0.2) is 9.18 Å². The van der Waals surface area contributed by atoms with Gasteiger partial charge in [-0.15, -0.1) is 0 Å². The molecule has 134 valence electrons. The number of halogens is 1. The van der Waals surface area contributed by atoms with Crippen LogP contribution in [0.15, 0.2) is 48.7 Å². The maximum absolute atomic E-state index is 13.4. The lowest BCUT2D eigenvalue weighted by atomic mass is 9.89. The van der Waals surface area contributed by atoms with E-state index >= 15 is 0 Å². The maximum Gasteiger partial charge on any atom is 0.335 e. The number of aromatic amines is 1. The second-order valence-electron chi connectivity index (χ2n) is 6.99. The zero-order chi connectivity index (χ0) is 18.1. The zero-order valence-corrected chi connectivity index (χ0v) is 14.4. The number of fused-ring (bicyclic) bond motifs is 1. The first kappa shape index (κ1) is 16.8. The van der Waals surface area contributed by atoms with Gasteiger partial charge in [0.1, 0.15) is 5.82 Å². The molecule has 1 aliphatic heterocycles. The van der Waals surface area contributed by atoms with Crippen LogP contribution in [0.2, 0.25) is 0 Å². The summed E-state index contributed by atoms with van der Waals surface area (Å²) in [5.74, 6) is -0.620. The molecule has 26 heavy (non-hydrogen) atoms. The van der Waals surface area contributed by atoms with Crippen LogP contribution in [0.5, 0.6) is 0 Å². The highest BCUT2D eigenvalue weighted by molar-refractivity contribution is 5.87. The summed E-state index contributed by atoms with van der Waals surface area (Å²) in [6.45, 7) is 2.84. The SMILES string of the molecule is O=C(O)c1ccc(CN2CCC(c3c[nH]c4cc(F)ccc34)CC2)cc1. The van der Waals surface area contributed by atoms with Gasteiger partial charge < -0.3 is 10.1 Å². The second kappa shape index (κ2) is 6.92. The van der Waals surface area contributed by atoms with Gasteiger partial charge in [-0.3, -0.25) is 4.90 Å². The summed E-state index contributed by atoms with van der Waals surface area (Å²) in [6, 6.07) is 12.1. The lowest BCUT2D eigenvalue weighted by molar-refractivity contribution is 0.0697. The molecular formula is C21H21FN2O2. The molecular weight excluding hydrogens is 331 g/mol. The van der Waals surface area contributed by atoms with Crippen molar-refractivity contribution in [2.75, 3.05) is 13.1 Å². The lowest BCUT2D eigenvalue weighted by Gasteiger charge is -2.32. The van der Waals surface area contributed by atoms with E-state index in [0.29, 0.717) is 11.5 Å². The van der Waals surface area contributed by atoms with Crippen molar-refractivity contribution in [2.24, 2.45) is 0 Å². The molecule has 0 radical (unpaired) electrons. The first-order chi connectivity index (χ1) is 12.6. The molecule has 0 amide bonds. The molecule has 4 rings (SSSR count). The number of benzene rings is 2. The Morgan fingerprint density at radius 1 is 1.15 bits per heavy atom. The number of piperidine rings is 1. The van der Waals surface area contributed by atoms with E-state index in [4.69, 9.17) is 5.11 Å². The zero-order valence-electron chi connectivity index (χ0n) is 14.4. The Kier molecular flexibility index (Phi) is 4.47. The molecule has 0 atom stereocenters. The van der Waals surface area contributed by atoms with Crippen LogP contribution in [-0.2, 0) is 6.54 Å². The number of aromatic carboxylic acids is 1. The van der Waals surface area contributed by atoms with Crippen LogP contribution in [0.4, 0.5) is 4.39 Å². The van der Waals surface area contributed by atoms with Gasteiger partial charge in [-0.05, 0) is 73.3 Å². The minimum Gasteiger partial charge on any atom is -0.478 e. The highest BCUT2D eigenvalue weighted by Gasteiger charge is 2.23. The van der Waals surface area contributed by atoms with Crippen LogP contribution >= 0.6 is 0 Å². The first-order valence-corrected chi connectivity index (χ1v) is 8.91. The number of carboxylic acid groups (broad SMARTS) is 1. The van der Waals surface area contributed by atoms with Gasteiger partial charge in [0.2, 0.25) is 0 Å². The third-order valence-corrected chi connectivity index (χ3v) is 5.31. The summed E-state index contributed by atoms with van der Waals surface area (Å²) < 4.78 is 13.4. The van der Waals surface area contributed by atoms with E-state index in [9.17, 15) is 9.18 Å². The fourth-order valence-corrected chi connectivity index (χ4v) is 3.87. The number of aromatic nitrogens is 1. The number of rotatable bonds is 4.